The minimum absolute atomic E-state index is 0.0129. The smallest absolute Gasteiger partial charge is 0.307 e. The van der Waals surface area contributed by atoms with Crippen LogP contribution < -0.4 is 0 Å². The van der Waals surface area contributed by atoms with Crippen LogP contribution in [0.3, 0.4) is 0 Å². The molecule has 0 aromatic carbocycles. The average molecular weight is 554 g/mol. The number of rotatable bonds is 6. The molecular weight excluding hydrogens is 502 g/mol. The summed E-state index contributed by atoms with van der Waals surface area (Å²) in [7, 11) is 0. The number of likely N-dealkylation sites (tertiary alicyclic amines) is 1. The molecule has 4 aliphatic carbocycles. The van der Waals surface area contributed by atoms with E-state index in [0.717, 1.165) is 51.7 Å². The first kappa shape index (κ1) is 29.5. The van der Waals surface area contributed by atoms with Gasteiger partial charge in [0.1, 0.15) is 6.10 Å². The Morgan fingerprint density at radius 2 is 1.62 bits per heavy atom. The van der Waals surface area contributed by atoms with E-state index >= 15 is 0 Å². The first-order valence-electron chi connectivity index (χ1n) is 15.8. The van der Waals surface area contributed by atoms with Gasteiger partial charge in [0.15, 0.2) is 11.4 Å². The molecule has 5 rings (SSSR count). The van der Waals surface area contributed by atoms with Gasteiger partial charge in [-0.2, -0.15) is 0 Å². The van der Waals surface area contributed by atoms with Crippen molar-refractivity contribution in [1.29, 1.82) is 0 Å². The molecule has 2 saturated carbocycles. The predicted molar refractivity (Wildman–Crippen MR) is 155 cm³/mol. The van der Waals surface area contributed by atoms with Crippen molar-refractivity contribution < 1.29 is 23.9 Å². The lowest BCUT2D eigenvalue weighted by Gasteiger charge is -2.58. The summed E-state index contributed by atoms with van der Waals surface area (Å²) in [5, 5.41) is 0. The summed E-state index contributed by atoms with van der Waals surface area (Å²) in [6, 6.07) is 0. The highest BCUT2D eigenvalue weighted by Gasteiger charge is 2.67. The van der Waals surface area contributed by atoms with Crippen LogP contribution in [0.1, 0.15) is 99.8 Å². The monoisotopic (exact) mass is 553 g/mol. The number of carbonyl (C=O) groups excluding carboxylic acids is 3. The maximum Gasteiger partial charge on any atom is 0.307 e. The number of ether oxygens (including phenoxy) is 2. The third kappa shape index (κ3) is 4.90. The Bertz CT molecular complexity index is 1100. The molecule has 0 unspecified atom stereocenters. The number of allylic oxidation sites excluding steroid dienone is 3. The number of piperidine rings is 1. The summed E-state index contributed by atoms with van der Waals surface area (Å²) in [5.41, 5.74) is 1.28. The molecule has 1 heterocycles. The fraction of sp³-hybridized carbons (Fsp3) is 0.794. The Morgan fingerprint density at radius 3 is 2.27 bits per heavy atom. The molecule has 3 fully saturated rings. The van der Waals surface area contributed by atoms with E-state index in [0.29, 0.717) is 42.4 Å². The van der Waals surface area contributed by atoms with E-state index < -0.39 is 5.60 Å². The molecule has 5 aliphatic rings. The summed E-state index contributed by atoms with van der Waals surface area (Å²) in [5.74, 6) is 2.04. The Morgan fingerprint density at radius 1 is 0.950 bits per heavy atom. The van der Waals surface area contributed by atoms with Crippen LogP contribution in [0.15, 0.2) is 23.3 Å². The molecular formula is C34H51NO5. The number of hydrogen-bond acceptors (Lipinski definition) is 6. The molecule has 0 amide bonds. The maximum absolute atomic E-state index is 13.0. The van der Waals surface area contributed by atoms with Gasteiger partial charge in [-0.05, 0) is 105 Å². The molecule has 222 valence electrons. The van der Waals surface area contributed by atoms with Crippen molar-refractivity contribution in [2.24, 2.45) is 40.4 Å². The van der Waals surface area contributed by atoms with Gasteiger partial charge in [0.2, 0.25) is 0 Å². The van der Waals surface area contributed by atoms with Crippen molar-refractivity contribution >= 4 is 17.7 Å². The molecule has 0 aromatic rings. The number of fused-ring (bicyclic) bond motifs is 5. The number of ketones is 1. The number of hydrogen-bond donors (Lipinski definition) is 0. The summed E-state index contributed by atoms with van der Waals surface area (Å²) in [4.78, 5) is 40.4. The summed E-state index contributed by atoms with van der Waals surface area (Å²) < 4.78 is 12.0. The Hall–Kier alpha value is -1.95. The van der Waals surface area contributed by atoms with Crippen LogP contribution in [0.25, 0.3) is 0 Å². The van der Waals surface area contributed by atoms with Crippen molar-refractivity contribution in [3.8, 4) is 0 Å². The topological polar surface area (TPSA) is 72.9 Å². The molecule has 0 radical (unpaired) electrons. The van der Waals surface area contributed by atoms with E-state index in [-0.39, 0.29) is 34.7 Å². The molecule has 6 heteroatoms. The lowest BCUT2D eigenvalue weighted by molar-refractivity contribution is -0.185. The molecule has 40 heavy (non-hydrogen) atoms. The third-order valence-electron chi connectivity index (χ3n) is 11.8. The molecule has 1 saturated heterocycles. The maximum atomic E-state index is 13.0. The number of nitrogens with zero attached hydrogens (tertiary/aromatic N) is 1. The fourth-order valence-corrected chi connectivity index (χ4v) is 10.2. The van der Waals surface area contributed by atoms with Crippen LogP contribution in [0.5, 0.6) is 0 Å². The molecule has 0 N–H and O–H groups in total. The van der Waals surface area contributed by atoms with Crippen LogP contribution in [0.2, 0.25) is 0 Å². The normalized spacial score (nSPS) is 43.0. The van der Waals surface area contributed by atoms with E-state index in [2.05, 4.69) is 51.7 Å². The van der Waals surface area contributed by atoms with Crippen LogP contribution in [0, 0.1) is 40.4 Å². The second kappa shape index (κ2) is 10.7. The molecule has 6 nitrogen and oxygen atoms in total. The van der Waals surface area contributed by atoms with Gasteiger partial charge in [0.25, 0.3) is 0 Å². The van der Waals surface area contributed by atoms with Gasteiger partial charge >= 0.3 is 11.9 Å². The van der Waals surface area contributed by atoms with Gasteiger partial charge in [0, 0.05) is 32.0 Å². The lowest BCUT2D eigenvalue weighted by Crippen LogP contribution is -2.58. The number of esters is 2. The van der Waals surface area contributed by atoms with E-state index in [4.69, 9.17) is 9.47 Å². The second-order valence-corrected chi connectivity index (χ2v) is 14.6. The Kier molecular flexibility index (Phi) is 7.91. The average Bonchev–Trinajstić information content (AvgIpc) is 3.16. The van der Waals surface area contributed by atoms with Gasteiger partial charge < -0.3 is 14.4 Å². The Labute approximate surface area is 241 Å². The molecule has 0 bridgehead atoms. The highest BCUT2D eigenvalue weighted by Crippen LogP contribution is 2.68. The number of Topliss-reactive ketones (excluding diaryl/α,β-unsaturated/α-hetero) is 1. The quantitative estimate of drug-likeness (QED) is 0.360. The van der Waals surface area contributed by atoms with Crippen molar-refractivity contribution in [3.63, 3.8) is 0 Å². The first-order chi connectivity index (χ1) is 18.8. The molecule has 0 aromatic heterocycles. The zero-order valence-corrected chi connectivity index (χ0v) is 25.9. The van der Waals surface area contributed by atoms with Gasteiger partial charge in [0.05, 0.1) is 6.42 Å². The second-order valence-electron chi connectivity index (χ2n) is 14.6. The number of carbonyl (C=O) groups is 3. The van der Waals surface area contributed by atoms with Crippen molar-refractivity contribution in [2.45, 2.75) is 112 Å². The minimum Gasteiger partial charge on any atom is -0.458 e. The van der Waals surface area contributed by atoms with E-state index in [1.807, 2.05) is 0 Å². The zero-order chi connectivity index (χ0) is 29.0. The molecule has 1 aliphatic heterocycles. The molecule has 9 atom stereocenters. The Balaban J connectivity index is 1.31. The van der Waals surface area contributed by atoms with Gasteiger partial charge in [-0.1, -0.05) is 39.3 Å². The van der Waals surface area contributed by atoms with E-state index in [9.17, 15) is 14.4 Å². The van der Waals surface area contributed by atoms with Crippen molar-refractivity contribution in [1.82, 2.24) is 4.90 Å². The van der Waals surface area contributed by atoms with Crippen LogP contribution in [-0.2, 0) is 23.9 Å². The molecule has 0 spiro atoms. The third-order valence-corrected chi connectivity index (χ3v) is 11.8. The predicted octanol–water partition coefficient (Wildman–Crippen LogP) is 6.29. The van der Waals surface area contributed by atoms with Crippen molar-refractivity contribution in [2.75, 3.05) is 19.6 Å². The van der Waals surface area contributed by atoms with Gasteiger partial charge in [-0.15, -0.1) is 0 Å². The zero-order valence-electron chi connectivity index (χ0n) is 25.9. The van der Waals surface area contributed by atoms with E-state index in [1.54, 1.807) is 6.92 Å². The minimum atomic E-state index is -1.01. The summed E-state index contributed by atoms with van der Waals surface area (Å²) in [6.45, 7) is 17.4. The summed E-state index contributed by atoms with van der Waals surface area (Å²) in [6.07, 6.45) is 11.5. The van der Waals surface area contributed by atoms with Crippen LogP contribution in [0.4, 0.5) is 0 Å². The van der Waals surface area contributed by atoms with E-state index in [1.165, 1.54) is 24.5 Å². The first-order valence-corrected chi connectivity index (χ1v) is 15.8. The largest absolute Gasteiger partial charge is 0.458 e. The highest BCUT2D eigenvalue weighted by atomic mass is 16.6. The van der Waals surface area contributed by atoms with Gasteiger partial charge in [-0.25, -0.2) is 0 Å². The van der Waals surface area contributed by atoms with Crippen molar-refractivity contribution in [3.05, 3.63) is 23.3 Å². The fourth-order valence-electron chi connectivity index (χ4n) is 10.2. The summed E-state index contributed by atoms with van der Waals surface area (Å²) >= 11 is 0. The SMILES string of the molecule is CC(=O)O[C@]1(C(C)=O)CC[C@@H]2[C@@H]3C=C(C)C4=C[C@H](OC(=O)CCN5C[C@H](C)C[C@@H](C)C5)CC[C@]4(C)[C@H]3CC[C@@]21C. The van der Waals surface area contributed by atoms with Crippen LogP contribution >= 0.6 is 0 Å². The standard InChI is InChI=1S/C34H51NO5/c1-21-16-22(2)20-35(19-21)15-11-31(38)39-26-8-12-32(6)28-9-13-33(7)29(27(28)17-23(3)30(32)18-26)10-14-34(33,24(4)36)40-25(5)37/h17-18,21-22,26-29H,8-16,19-20H2,1-7H3/t21-,22-,26-,27-,28+,29-,32-,33+,34+/m1/s1. The van der Waals surface area contributed by atoms with Crippen LogP contribution in [-0.4, -0.2) is 54.0 Å². The van der Waals surface area contributed by atoms with Gasteiger partial charge in [-0.3, -0.25) is 14.4 Å². The lowest BCUT2D eigenvalue weighted by atomic mass is 9.47. The highest BCUT2D eigenvalue weighted by molar-refractivity contribution is 5.89.